The van der Waals surface area contributed by atoms with Gasteiger partial charge in [0.2, 0.25) is 11.8 Å². The van der Waals surface area contributed by atoms with E-state index >= 15 is 0 Å². The Kier molecular flexibility index (Phi) is 8.12. The van der Waals surface area contributed by atoms with Crippen LogP contribution in [0.2, 0.25) is 0 Å². The van der Waals surface area contributed by atoms with Crippen molar-refractivity contribution in [2.75, 3.05) is 26.7 Å². The van der Waals surface area contributed by atoms with Crippen LogP contribution in [0.15, 0.2) is 17.1 Å². The molecule has 7 heteroatoms. The highest BCUT2D eigenvalue weighted by atomic mass is 127. The molecule has 3 rings (SSSR count). The van der Waals surface area contributed by atoms with E-state index in [-0.39, 0.29) is 59.5 Å². The Labute approximate surface area is 179 Å². The number of carbonyl (C=O) groups excluding carboxylic acids is 2. The molecule has 27 heavy (non-hydrogen) atoms. The first-order valence-electron chi connectivity index (χ1n) is 10.0. The molecule has 1 aliphatic heterocycles. The predicted octanol–water partition coefficient (Wildman–Crippen LogP) is 2.40. The number of aliphatic imine (C=N–C) groups is 1. The van der Waals surface area contributed by atoms with Crippen LogP contribution in [0, 0.1) is 29.6 Å². The van der Waals surface area contributed by atoms with Crippen molar-refractivity contribution in [1.29, 1.82) is 0 Å². The molecule has 2 aliphatic carbocycles. The molecule has 0 aromatic rings. The van der Waals surface area contributed by atoms with E-state index in [1.54, 1.807) is 7.05 Å². The third-order valence-electron chi connectivity index (χ3n) is 5.91. The quantitative estimate of drug-likeness (QED) is 0.138. The molecular weight excluding hydrogens is 455 g/mol. The van der Waals surface area contributed by atoms with Gasteiger partial charge in [0.1, 0.15) is 0 Å². The number of hydrogen-bond acceptors (Lipinski definition) is 3. The van der Waals surface area contributed by atoms with Crippen LogP contribution >= 0.6 is 24.0 Å². The molecule has 1 saturated heterocycles. The minimum atomic E-state index is -0.101. The third kappa shape index (κ3) is 4.84. The third-order valence-corrected chi connectivity index (χ3v) is 5.91. The zero-order chi connectivity index (χ0) is 18.7. The van der Waals surface area contributed by atoms with Crippen LogP contribution in [0.4, 0.5) is 0 Å². The molecule has 4 atom stereocenters. The van der Waals surface area contributed by atoms with Crippen LogP contribution < -0.4 is 10.6 Å². The van der Waals surface area contributed by atoms with E-state index in [9.17, 15) is 9.59 Å². The number of nitrogens with one attached hydrogen (secondary N) is 2. The van der Waals surface area contributed by atoms with Gasteiger partial charge in [0.25, 0.3) is 0 Å². The molecule has 2 bridgehead atoms. The van der Waals surface area contributed by atoms with E-state index in [2.05, 4.69) is 41.6 Å². The lowest BCUT2D eigenvalue weighted by molar-refractivity contribution is -0.140. The van der Waals surface area contributed by atoms with E-state index in [0.717, 1.165) is 31.3 Å². The van der Waals surface area contributed by atoms with Gasteiger partial charge in [0, 0.05) is 26.7 Å². The van der Waals surface area contributed by atoms with Gasteiger partial charge >= 0.3 is 0 Å². The average Bonchev–Trinajstić information content (AvgIpc) is 3.28. The molecule has 2 N–H and O–H groups in total. The highest BCUT2D eigenvalue weighted by Crippen LogP contribution is 2.52. The summed E-state index contributed by atoms with van der Waals surface area (Å²) in [5.74, 6) is 1.88. The maximum atomic E-state index is 12.6. The minimum Gasteiger partial charge on any atom is -0.356 e. The number of fused-ring (bicyclic) bond motifs is 5. The van der Waals surface area contributed by atoms with Gasteiger partial charge in [-0.05, 0) is 30.6 Å². The number of nitrogens with zero attached hydrogens (tertiary/aromatic N) is 2. The van der Waals surface area contributed by atoms with E-state index in [0.29, 0.717) is 13.1 Å². The van der Waals surface area contributed by atoms with Crippen molar-refractivity contribution in [1.82, 2.24) is 15.5 Å². The van der Waals surface area contributed by atoms with Crippen molar-refractivity contribution in [2.24, 2.45) is 34.6 Å². The number of likely N-dealkylation sites (tertiary alicyclic amines) is 1. The standard InChI is InChI=1S/C20H32N4O2.HI/c1-13(2)6-4-5-9-22-20(21-3)23-10-11-24-18(25)16-14-7-8-15(12-14)17(16)19(24)26;/h7-8,13-17H,4-6,9-12H2,1-3H3,(H2,21,22,23);1H. The Morgan fingerprint density at radius 2 is 1.70 bits per heavy atom. The van der Waals surface area contributed by atoms with Gasteiger partial charge in [-0.15, -0.1) is 24.0 Å². The maximum absolute atomic E-state index is 12.6. The van der Waals surface area contributed by atoms with E-state index in [1.165, 1.54) is 17.7 Å². The molecule has 6 nitrogen and oxygen atoms in total. The Bertz CT molecular complexity index is 575. The van der Waals surface area contributed by atoms with E-state index < -0.39 is 0 Å². The number of carbonyl (C=O) groups is 2. The largest absolute Gasteiger partial charge is 0.356 e. The Balaban J connectivity index is 0.00000261. The fourth-order valence-electron chi connectivity index (χ4n) is 4.58. The minimum absolute atomic E-state index is 0. The first kappa shape index (κ1) is 22.2. The number of allylic oxidation sites excluding steroid dienone is 2. The number of unbranched alkanes of at least 4 members (excludes halogenated alkanes) is 1. The van der Waals surface area contributed by atoms with Crippen LogP contribution in [-0.4, -0.2) is 49.4 Å². The summed E-state index contributed by atoms with van der Waals surface area (Å²) in [6, 6.07) is 0. The van der Waals surface area contributed by atoms with Crippen molar-refractivity contribution < 1.29 is 9.59 Å². The summed E-state index contributed by atoms with van der Waals surface area (Å²) < 4.78 is 0. The SMILES string of the molecule is CN=C(NCCCCC(C)C)NCCN1C(=O)C2C3C=CC(C3)C2C1=O.I. The topological polar surface area (TPSA) is 73.8 Å². The molecule has 3 aliphatic rings. The second kappa shape index (κ2) is 9.89. The molecule has 0 radical (unpaired) electrons. The van der Waals surface area contributed by atoms with Gasteiger partial charge < -0.3 is 10.6 Å². The van der Waals surface area contributed by atoms with Crippen LogP contribution in [0.25, 0.3) is 0 Å². The number of rotatable bonds is 8. The summed E-state index contributed by atoms with van der Waals surface area (Å²) >= 11 is 0. The second-order valence-corrected chi connectivity index (χ2v) is 8.14. The van der Waals surface area contributed by atoms with Gasteiger partial charge in [0.15, 0.2) is 5.96 Å². The lowest BCUT2D eigenvalue weighted by Crippen LogP contribution is -2.43. The van der Waals surface area contributed by atoms with Crippen LogP contribution in [0.5, 0.6) is 0 Å². The molecule has 1 heterocycles. The highest BCUT2D eigenvalue weighted by Gasteiger charge is 2.58. The lowest BCUT2D eigenvalue weighted by Gasteiger charge is -2.18. The van der Waals surface area contributed by atoms with Crippen LogP contribution in [0.3, 0.4) is 0 Å². The Hall–Kier alpha value is -1.12. The summed E-state index contributed by atoms with van der Waals surface area (Å²) in [5, 5.41) is 6.51. The number of imide groups is 1. The summed E-state index contributed by atoms with van der Waals surface area (Å²) in [7, 11) is 1.74. The number of guanidine groups is 1. The van der Waals surface area contributed by atoms with Gasteiger partial charge in [-0.25, -0.2) is 0 Å². The monoisotopic (exact) mass is 488 g/mol. The second-order valence-electron chi connectivity index (χ2n) is 8.14. The van der Waals surface area contributed by atoms with Crippen molar-refractivity contribution in [3.8, 4) is 0 Å². The Morgan fingerprint density at radius 3 is 2.26 bits per heavy atom. The predicted molar refractivity (Wildman–Crippen MR) is 118 cm³/mol. The zero-order valence-corrected chi connectivity index (χ0v) is 18.9. The molecule has 0 aromatic heterocycles. The van der Waals surface area contributed by atoms with Gasteiger partial charge in [0.05, 0.1) is 11.8 Å². The smallest absolute Gasteiger partial charge is 0.233 e. The Morgan fingerprint density at radius 1 is 1.11 bits per heavy atom. The molecule has 1 saturated carbocycles. The van der Waals surface area contributed by atoms with E-state index in [1.807, 2.05) is 0 Å². The normalized spacial score (nSPS) is 28.7. The summed E-state index contributed by atoms with van der Waals surface area (Å²) in [6.07, 6.45) is 8.80. The van der Waals surface area contributed by atoms with Crippen molar-refractivity contribution in [3.05, 3.63) is 12.2 Å². The molecule has 0 aromatic carbocycles. The highest BCUT2D eigenvalue weighted by molar-refractivity contribution is 14.0. The average molecular weight is 488 g/mol. The molecule has 152 valence electrons. The summed E-state index contributed by atoms with van der Waals surface area (Å²) in [4.78, 5) is 30.9. The summed E-state index contributed by atoms with van der Waals surface area (Å²) in [5.41, 5.74) is 0. The fourth-order valence-corrected chi connectivity index (χ4v) is 4.58. The number of halogens is 1. The maximum Gasteiger partial charge on any atom is 0.233 e. The van der Waals surface area contributed by atoms with Crippen molar-refractivity contribution >= 4 is 41.8 Å². The fraction of sp³-hybridized carbons (Fsp3) is 0.750. The summed E-state index contributed by atoms with van der Waals surface area (Å²) in [6.45, 7) is 6.31. The van der Waals surface area contributed by atoms with Crippen LogP contribution in [-0.2, 0) is 9.59 Å². The molecule has 2 amide bonds. The molecule has 0 spiro atoms. The molecular formula is C20H33IN4O2. The van der Waals surface area contributed by atoms with Gasteiger partial charge in [-0.2, -0.15) is 0 Å². The molecule has 4 unspecified atom stereocenters. The first-order chi connectivity index (χ1) is 12.5. The lowest BCUT2D eigenvalue weighted by atomic mass is 9.85. The van der Waals surface area contributed by atoms with Crippen LogP contribution in [0.1, 0.15) is 39.5 Å². The van der Waals surface area contributed by atoms with Gasteiger partial charge in [-0.3, -0.25) is 19.5 Å². The number of amides is 2. The number of hydrogen-bond donors (Lipinski definition) is 2. The van der Waals surface area contributed by atoms with E-state index in [4.69, 9.17) is 0 Å². The van der Waals surface area contributed by atoms with Crippen molar-refractivity contribution in [3.63, 3.8) is 0 Å². The first-order valence-corrected chi connectivity index (χ1v) is 10.0. The molecule has 2 fully saturated rings. The van der Waals surface area contributed by atoms with Crippen molar-refractivity contribution in [2.45, 2.75) is 39.5 Å². The van der Waals surface area contributed by atoms with Gasteiger partial charge in [-0.1, -0.05) is 38.8 Å². The zero-order valence-electron chi connectivity index (χ0n) is 16.6.